The Bertz CT molecular complexity index is 461. The second kappa shape index (κ2) is 5.56. The van der Waals surface area contributed by atoms with Crippen molar-refractivity contribution in [3.63, 3.8) is 0 Å². The second-order valence-corrected chi connectivity index (χ2v) is 6.33. The van der Waals surface area contributed by atoms with Crippen molar-refractivity contribution in [3.8, 4) is 0 Å². The maximum absolute atomic E-state index is 5.88. The minimum Gasteiger partial charge on any atom is -0.368 e. The maximum Gasteiger partial charge on any atom is 0.222 e. The van der Waals surface area contributed by atoms with Gasteiger partial charge in [-0.15, -0.1) is 0 Å². The summed E-state index contributed by atoms with van der Waals surface area (Å²) in [4.78, 5) is 13.6. The number of fused-ring (bicyclic) bond motifs is 1. The highest BCUT2D eigenvalue weighted by Gasteiger charge is 2.39. The highest BCUT2D eigenvalue weighted by Crippen LogP contribution is 2.32. The summed E-state index contributed by atoms with van der Waals surface area (Å²) in [7, 11) is 2.22. The molecule has 2 N–H and O–H groups in total. The Morgan fingerprint density at radius 2 is 1.90 bits per heavy atom. The first kappa shape index (κ1) is 13.6. The molecule has 0 amide bonds. The fraction of sp³-hybridized carbons (Fsp3) is 0.733. The molecular weight excluding hydrogens is 250 g/mol. The van der Waals surface area contributed by atoms with Crippen molar-refractivity contribution in [1.82, 2.24) is 14.9 Å². The normalized spacial score (nSPS) is 26.2. The number of nitrogen functional groups attached to an aromatic ring is 1. The lowest BCUT2D eigenvalue weighted by Crippen LogP contribution is -2.27. The monoisotopic (exact) mass is 275 g/mol. The molecule has 2 atom stereocenters. The van der Waals surface area contributed by atoms with E-state index in [1.807, 2.05) is 0 Å². The van der Waals surface area contributed by atoms with Gasteiger partial charge in [0.1, 0.15) is 5.82 Å². The Kier molecular flexibility index (Phi) is 3.78. The number of hydrogen-bond acceptors (Lipinski definition) is 5. The molecule has 0 spiro atoms. The van der Waals surface area contributed by atoms with Crippen LogP contribution in [0.3, 0.4) is 0 Å². The molecule has 5 nitrogen and oxygen atoms in total. The van der Waals surface area contributed by atoms with Crippen molar-refractivity contribution in [3.05, 3.63) is 11.8 Å². The van der Waals surface area contributed by atoms with Crippen molar-refractivity contribution in [1.29, 1.82) is 0 Å². The molecule has 0 aliphatic carbocycles. The molecule has 3 rings (SSSR count). The molecule has 3 heterocycles. The minimum absolute atomic E-state index is 0.419. The lowest BCUT2D eigenvalue weighted by molar-refractivity contribution is 0.387. The van der Waals surface area contributed by atoms with Crippen molar-refractivity contribution < 1.29 is 0 Å². The Balaban J connectivity index is 1.73. The van der Waals surface area contributed by atoms with Gasteiger partial charge in [0.25, 0.3) is 0 Å². The lowest BCUT2D eigenvalue weighted by Gasteiger charge is -2.21. The van der Waals surface area contributed by atoms with E-state index >= 15 is 0 Å². The smallest absolute Gasteiger partial charge is 0.222 e. The van der Waals surface area contributed by atoms with Gasteiger partial charge in [-0.25, -0.2) is 4.98 Å². The zero-order valence-electron chi connectivity index (χ0n) is 12.5. The van der Waals surface area contributed by atoms with E-state index < -0.39 is 0 Å². The molecule has 110 valence electrons. The molecule has 5 heteroatoms. The summed E-state index contributed by atoms with van der Waals surface area (Å²) in [6, 6.07) is 2.14. The minimum atomic E-state index is 0.419. The molecule has 1 aromatic heterocycles. The number of rotatable bonds is 4. The zero-order valence-corrected chi connectivity index (χ0v) is 12.5. The van der Waals surface area contributed by atoms with E-state index in [1.165, 1.54) is 19.5 Å². The standard InChI is InChI=1S/C15H25N5/c1-3-4-5-13-6-14(18-15(16)17-13)20-9-11-7-19(2)8-12(11)10-20/h6,11-12H,3-5,7-10H2,1-2H3,(H2,16,17,18)/t11-,12+. The number of unbranched alkanes of at least 4 members (excludes halogenated alkanes) is 1. The number of nitrogens with two attached hydrogens (primary N) is 1. The Labute approximate surface area is 121 Å². The molecule has 0 saturated carbocycles. The van der Waals surface area contributed by atoms with Gasteiger partial charge in [-0.1, -0.05) is 13.3 Å². The molecule has 0 unspecified atom stereocenters. The third-order valence-corrected chi connectivity index (χ3v) is 4.56. The largest absolute Gasteiger partial charge is 0.368 e. The molecule has 2 aliphatic rings. The van der Waals surface area contributed by atoms with Crippen molar-refractivity contribution in [2.24, 2.45) is 11.8 Å². The molecule has 0 aromatic carbocycles. The highest BCUT2D eigenvalue weighted by atomic mass is 15.3. The first-order valence-corrected chi connectivity index (χ1v) is 7.72. The summed E-state index contributed by atoms with van der Waals surface area (Å²) in [6.45, 7) is 6.84. The molecule has 1 aromatic rings. The van der Waals surface area contributed by atoms with Crippen LogP contribution >= 0.6 is 0 Å². The first-order chi connectivity index (χ1) is 9.65. The Morgan fingerprint density at radius 1 is 1.20 bits per heavy atom. The molecule has 2 fully saturated rings. The second-order valence-electron chi connectivity index (χ2n) is 6.33. The molecule has 2 aliphatic heterocycles. The van der Waals surface area contributed by atoms with Crippen LogP contribution in [0.2, 0.25) is 0 Å². The van der Waals surface area contributed by atoms with E-state index in [0.717, 1.165) is 49.3 Å². The zero-order chi connectivity index (χ0) is 14.1. The molecule has 20 heavy (non-hydrogen) atoms. The van der Waals surface area contributed by atoms with Gasteiger partial charge in [0.05, 0.1) is 0 Å². The lowest BCUT2D eigenvalue weighted by atomic mass is 10.0. The van der Waals surface area contributed by atoms with Gasteiger partial charge in [-0.05, 0) is 31.7 Å². The number of nitrogens with zero attached hydrogens (tertiary/aromatic N) is 4. The van der Waals surface area contributed by atoms with Crippen molar-refractivity contribution >= 4 is 11.8 Å². The van der Waals surface area contributed by atoms with Gasteiger partial charge in [0.15, 0.2) is 0 Å². The van der Waals surface area contributed by atoms with Crippen molar-refractivity contribution in [2.75, 3.05) is 43.9 Å². The van der Waals surface area contributed by atoms with E-state index in [2.05, 4.69) is 39.8 Å². The number of likely N-dealkylation sites (tertiary alicyclic amines) is 1. The molecule has 0 radical (unpaired) electrons. The SMILES string of the molecule is CCCCc1cc(N2C[C@H]3CN(C)C[C@H]3C2)nc(N)n1. The van der Waals surface area contributed by atoms with Crippen LogP contribution in [0.5, 0.6) is 0 Å². The third-order valence-electron chi connectivity index (χ3n) is 4.56. The summed E-state index contributed by atoms with van der Waals surface area (Å²) in [5.74, 6) is 3.02. The van der Waals surface area contributed by atoms with Gasteiger partial charge in [-0.3, -0.25) is 0 Å². The quantitative estimate of drug-likeness (QED) is 0.900. The van der Waals surface area contributed by atoms with Gasteiger partial charge in [-0.2, -0.15) is 4.98 Å². The third kappa shape index (κ3) is 2.73. The summed E-state index contributed by atoms with van der Waals surface area (Å²) in [6.07, 6.45) is 3.34. The molecule has 0 bridgehead atoms. The first-order valence-electron chi connectivity index (χ1n) is 7.72. The van der Waals surface area contributed by atoms with Crippen LogP contribution in [0.25, 0.3) is 0 Å². The van der Waals surface area contributed by atoms with Crippen molar-refractivity contribution in [2.45, 2.75) is 26.2 Å². The Hall–Kier alpha value is -1.36. The van der Waals surface area contributed by atoms with Crippen LogP contribution in [-0.4, -0.2) is 48.1 Å². The number of hydrogen-bond donors (Lipinski definition) is 1. The van der Waals surface area contributed by atoms with Crippen LogP contribution in [0.1, 0.15) is 25.5 Å². The number of aryl methyl sites for hydroxylation is 1. The maximum atomic E-state index is 5.88. The van der Waals surface area contributed by atoms with E-state index in [0.29, 0.717) is 5.95 Å². The fourth-order valence-corrected chi connectivity index (χ4v) is 3.57. The summed E-state index contributed by atoms with van der Waals surface area (Å²) in [5, 5.41) is 0. The summed E-state index contributed by atoms with van der Waals surface area (Å²) >= 11 is 0. The fourth-order valence-electron chi connectivity index (χ4n) is 3.57. The van der Waals surface area contributed by atoms with Crippen LogP contribution in [0.15, 0.2) is 6.07 Å². The average Bonchev–Trinajstić information content (AvgIpc) is 2.92. The van der Waals surface area contributed by atoms with E-state index in [9.17, 15) is 0 Å². The van der Waals surface area contributed by atoms with Gasteiger partial charge in [0, 0.05) is 37.9 Å². The van der Waals surface area contributed by atoms with Crippen LogP contribution < -0.4 is 10.6 Å². The number of aromatic nitrogens is 2. The van der Waals surface area contributed by atoms with E-state index in [1.54, 1.807) is 0 Å². The topological polar surface area (TPSA) is 58.3 Å². The highest BCUT2D eigenvalue weighted by molar-refractivity contribution is 5.45. The average molecular weight is 275 g/mol. The number of anilines is 2. The summed E-state index contributed by atoms with van der Waals surface area (Å²) in [5.41, 5.74) is 6.97. The van der Waals surface area contributed by atoms with Gasteiger partial charge >= 0.3 is 0 Å². The van der Waals surface area contributed by atoms with Gasteiger partial charge in [0.2, 0.25) is 5.95 Å². The van der Waals surface area contributed by atoms with E-state index in [4.69, 9.17) is 5.73 Å². The predicted molar refractivity (Wildman–Crippen MR) is 81.7 cm³/mol. The molecule has 2 saturated heterocycles. The van der Waals surface area contributed by atoms with Crippen LogP contribution in [0.4, 0.5) is 11.8 Å². The van der Waals surface area contributed by atoms with Gasteiger partial charge < -0.3 is 15.5 Å². The summed E-state index contributed by atoms with van der Waals surface area (Å²) < 4.78 is 0. The van der Waals surface area contributed by atoms with E-state index in [-0.39, 0.29) is 0 Å². The molecular formula is C15H25N5. The Morgan fingerprint density at radius 3 is 2.55 bits per heavy atom. The van der Waals surface area contributed by atoms with Crippen LogP contribution in [0, 0.1) is 11.8 Å². The van der Waals surface area contributed by atoms with Crippen LogP contribution in [-0.2, 0) is 6.42 Å². The predicted octanol–water partition coefficient (Wildman–Crippen LogP) is 1.40.